The maximum Gasteiger partial charge on any atom is 0.335 e. The van der Waals surface area contributed by atoms with Gasteiger partial charge < -0.3 is 15.2 Å². The monoisotopic (exact) mass is 374 g/mol. The van der Waals surface area contributed by atoms with Crippen LogP contribution in [0.5, 0.6) is 5.75 Å². The van der Waals surface area contributed by atoms with Gasteiger partial charge in [0.25, 0.3) is 0 Å². The van der Waals surface area contributed by atoms with Crippen LogP contribution in [0.15, 0.2) is 66.9 Å². The highest BCUT2D eigenvalue weighted by molar-refractivity contribution is 5.88. The van der Waals surface area contributed by atoms with Crippen molar-refractivity contribution in [2.24, 2.45) is 0 Å². The normalized spacial score (nSPS) is 10.8. The Morgan fingerprint density at radius 3 is 2.50 bits per heavy atom. The Bertz CT molecular complexity index is 1120. The summed E-state index contributed by atoms with van der Waals surface area (Å²) in [5.74, 6) is 0.581. The highest BCUT2D eigenvalue weighted by Crippen LogP contribution is 2.22. The van der Waals surface area contributed by atoms with Crippen molar-refractivity contribution >= 4 is 17.4 Å². The lowest BCUT2D eigenvalue weighted by Gasteiger charge is -2.08. The third-order valence-corrected chi connectivity index (χ3v) is 4.42. The van der Waals surface area contributed by atoms with Gasteiger partial charge in [-0.1, -0.05) is 24.3 Å². The molecule has 0 bridgehead atoms. The molecule has 2 heterocycles. The van der Waals surface area contributed by atoms with Gasteiger partial charge in [-0.25, -0.2) is 14.3 Å². The van der Waals surface area contributed by atoms with Crippen molar-refractivity contribution in [2.45, 2.75) is 6.54 Å². The zero-order valence-electron chi connectivity index (χ0n) is 15.2. The number of fused-ring (bicyclic) bond motifs is 1. The first-order valence-electron chi connectivity index (χ1n) is 8.69. The van der Waals surface area contributed by atoms with Gasteiger partial charge in [0.05, 0.1) is 24.6 Å². The Balaban J connectivity index is 1.57. The molecule has 0 unspecified atom stereocenters. The number of ether oxygens (including phenoxy) is 1. The summed E-state index contributed by atoms with van der Waals surface area (Å²) in [6, 6.07) is 18.3. The van der Waals surface area contributed by atoms with Gasteiger partial charge in [-0.3, -0.25) is 0 Å². The van der Waals surface area contributed by atoms with E-state index < -0.39 is 5.97 Å². The SMILES string of the molecule is COc1ccc(CNc2ccc3ncc(-c4ccc(C(=O)O)cc4)n3n2)cc1. The maximum absolute atomic E-state index is 11.0. The lowest BCUT2D eigenvalue weighted by Crippen LogP contribution is -2.04. The zero-order valence-corrected chi connectivity index (χ0v) is 15.2. The van der Waals surface area contributed by atoms with Crippen LogP contribution in [0.25, 0.3) is 16.9 Å². The molecule has 2 aromatic carbocycles. The summed E-state index contributed by atoms with van der Waals surface area (Å²) in [6.45, 7) is 0.625. The van der Waals surface area contributed by atoms with E-state index in [2.05, 4.69) is 15.4 Å². The number of carbonyl (C=O) groups is 1. The summed E-state index contributed by atoms with van der Waals surface area (Å²) in [6.07, 6.45) is 1.73. The number of hydrogen-bond donors (Lipinski definition) is 2. The van der Waals surface area contributed by atoms with Crippen molar-refractivity contribution in [3.05, 3.63) is 78.0 Å². The van der Waals surface area contributed by atoms with Crippen LogP contribution in [0.1, 0.15) is 15.9 Å². The fourth-order valence-corrected chi connectivity index (χ4v) is 2.88. The summed E-state index contributed by atoms with van der Waals surface area (Å²) in [4.78, 5) is 15.4. The molecule has 2 N–H and O–H groups in total. The summed E-state index contributed by atoms with van der Waals surface area (Å²) < 4.78 is 6.91. The number of benzene rings is 2. The molecule has 0 spiro atoms. The molecule has 4 aromatic rings. The molecule has 7 nitrogen and oxygen atoms in total. The third kappa shape index (κ3) is 3.50. The summed E-state index contributed by atoms with van der Waals surface area (Å²) >= 11 is 0. The minimum Gasteiger partial charge on any atom is -0.497 e. The minimum absolute atomic E-state index is 0.243. The first kappa shape index (κ1) is 17.5. The number of carboxylic acids is 1. The molecule has 0 aliphatic heterocycles. The molecule has 28 heavy (non-hydrogen) atoms. The molecule has 7 heteroatoms. The van der Waals surface area contributed by atoms with Crippen molar-refractivity contribution in [1.82, 2.24) is 14.6 Å². The second-order valence-corrected chi connectivity index (χ2v) is 6.22. The fourth-order valence-electron chi connectivity index (χ4n) is 2.88. The van der Waals surface area contributed by atoms with E-state index in [1.165, 1.54) is 0 Å². The summed E-state index contributed by atoms with van der Waals surface area (Å²) in [5, 5.41) is 17.0. The van der Waals surface area contributed by atoms with Crippen molar-refractivity contribution in [2.75, 3.05) is 12.4 Å². The van der Waals surface area contributed by atoms with Crippen LogP contribution in [0.3, 0.4) is 0 Å². The fraction of sp³-hybridized carbons (Fsp3) is 0.0952. The Hall–Kier alpha value is -3.87. The number of rotatable bonds is 6. The molecule has 0 amide bonds. The first-order chi connectivity index (χ1) is 13.6. The van der Waals surface area contributed by atoms with Gasteiger partial charge >= 0.3 is 5.97 Å². The lowest BCUT2D eigenvalue weighted by molar-refractivity contribution is 0.0697. The van der Waals surface area contributed by atoms with Crippen molar-refractivity contribution in [1.29, 1.82) is 0 Å². The molecule has 0 aliphatic rings. The topological polar surface area (TPSA) is 88.8 Å². The summed E-state index contributed by atoms with van der Waals surface area (Å²) in [7, 11) is 1.64. The van der Waals surface area contributed by atoms with E-state index in [0.29, 0.717) is 18.0 Å². The number of nitrogens with one attached hydrogen (secondary N) is 1. The van der Waals surface area contributed by atoms with Gasteiger partial charge in [0.15, 0.2) is 5.65 Å². The predicted octanol–water partition coefficient (Wildman–Crippen LogP) is 3.72. The van der Waals surface area contributed by atoms with Crippen LogP contribution in [-0.2, 0) is 6.54 Å². The van der Waals surface area contributed by atoms with E-state index in [1.54, 1.807) is 42.1 Å². The number of nitrogens with zero attached hydrogens (tertiary/aromatic N) is 3. The standard InChI is InChI=1S/C21H18N4O3/c1-28-17-8-2-14(3-9-17)12-22-19-10-11-20-23-13-18(25(20)24-19)15-4-6-16(7-5-15)21(26)27/h2-11,13H,12H2,1H3,(H,22,24)(H,26,27). The molecule has 0 saturated heterocycles. The Morgan fingerprint density at radius 1 is 1.07 bits per heavy atom. The molecule has 0 aliphatic carbocycles. The average Bonchev–Trinajstić information content (AvgIpc) is 3.16. The molecule has 140 valence electrons. The zero-order chi connectivity index (χ0) is 19.5. The molecule has 0 fully saturated rings. The van der Waals surface area contributed by atoms with Gasteiger partial charge in [-0.2, -0.15) is 0 Å². The Kier molecular flexibility index (Phi) is 4.63. The third-order valence-electron chi connectivity index (χ3n) is 4.42. The number of imidazole rings is 1. The number of anilines is 1. The number of methoxy groups -OCH3 is 1. The van der Waals surface area contributed by atoms with Gasteiger partial charge in [0.2, 0.25) is 0 Å². The van der Waals surface area contributed by atoms with Crippen molar-refractivity contribution < 1.29 is 14.6 Å². The van der Waals surface area contributed by atoms with Crippen LogP contribution in [0, 0.1) is 0 Å². The quantitative estimate of drug-likeness (QED) is 0.535. The molecule has 2 aromatic heterocycles. The van der Waals surface area contributed by atoms with E-state index >= 15 is 0 Å². The highest BCUT2D eigenvalue weighted by atomic mass is 16.5. The Labute approximate surface area is 161 Å². The number of carboxylic acid groups (broad SMARTS) is 1. The number of hydrogen-bond acceptors (Lipinski definition) is 5. The van der Waals surface area contributed by atoms with Gasteiger partial charge in [-0.15, -0.1) is 5.10 Å². The lowest BCUT2D eigenvalue weighted by atomic mass is 10.1. The van der Waals surface area contributed by atoms with E-state index in [9.17, 15) is 4.79 Å². The molecular formula is C21H18N4O3. The van der Waals surface area contributed by atoms with Crippen LogP contribution >= 0.6 is 0 Å². The largest absolute Gasteiger partial charge is 0.497 e. The average molecular weight is 374 g/mol. The molecule has 0 atom stereocenters. The molecule has 4 rings (SSSR count). The van der Waals surface area contributed by atoms with Crippen LogP contribution < -0.4 is 10.1 Å². The first-order valence-corrected chi connectivity index (χ1v) is 8.69. The van der Waals surface area contributed by atoms with Gasteiger partial charge in [0, 0.05) is 12.1 Å². The Morgan fingerprint density at radius 2 is 1.82 bits per heavy atom. The van der Waals surface area contributed by atoms with E-state index in [4.69, 9.17) is 9.84 Å². The smallest absolute Gasteiger partial charge is 0.335 e. The maximum atomic E-state index is 11.0. The molecule has 0 saturated carbocycles. The van der Waals surface area contributed by atoms with E-state index in [-0.39, 0.29) is 5.56 Å². The summed E-state index contributed by atoms with van der Waals surface area (Å²) in [5.41, 5.74) is 3.70. The second-order valence-electron chi connectivity index (χ2n) is 6.22. The van der Waals surface area contributed by atoms with Crippen LogP contribution in [0.2, 0.25) is 0 Å². The predicted molar refractivity (Wildman–Crippen MR) is 106 cm³/mol. The van der Waals surface area contributed by atoms with Gasteiger partial charge in [0.1, 0.15) is 11.6 Å². The van der Waals surface area contributed by atoms with Crippen LogP contribution in [-0.4, -0.2) is 32.8 Å². The highest BCUT2D eigenvalue weighted by Gasteiger charge is 2.09. The van der Waals surface area contributed by atoms with Crippen molar-refractivity contribution in [3.8, 4) is 17.0 Å². The van der Waals surface area contributed by atoms with Gasteiger partial charge in [-0.05, 0) is 42.0 Å². The van der Waals surface area contributed by atoms with E-state index in [0.717, 1.165) is 22.6 Å². The second kappa shape index (κ2) is 7.40. The van der Waals surface area contributed by atoms with Crippen LogP contribution in [0.4, 0.5) is 5.82 Å². The number of aromatic carboxylic acids is 1. The van der Waals surface area contributed by atoms with E-state index in [1.807, 2.05) is 36.4 Å². The molecule has 0 radical (unpaired) electrons. The molecular weight excluding hydrogens is 356 g/mol. The van der Waals surface area contributed by atoms with Crippen molar-refractivity contribution in [3.63, 3.8) is 0 Å². The number of aromatic nitrogens is 3. The minimum atomic E-state index is -0.951.